The number of aromatic hydroxyl groups is 1. The third-order valence-corrected chi connectivity index (χ3v) is 6.25. The molecule has 3 rings (SSSR count). The fourth-order valence-electron chi connectivity index (χ4n) is 3.22. The topological polar surface area (TPSA) is 116 Å². The van der Waals surface area contributed by atoms with Crippen LogP contribution in [0.25, 0.3) is 0 Å². The van der Waals surface area contributed by atoms with E-state index in [1.54, 1.807) is 6.07 Å². The number of nitrogens with one attached hydrogen (secondary N) is 2. The first-order valence-electron chi connectivity index (χ1n) is 9.80. The van der Waals surface area contributed by atoms with Gasteiger partial charge in [0.2, 0.25) is 5.91 Å². The second-order valence-electron chi connectivity index (χ2n) is 7.17. The Morgan fingerprint density at radius 1 is 1.07 bits per heavy atom. The first-order chi connectivity index (χ1) is 14.3. The van der Waals surface area contributed by atoms with Gasteiger partial charge < -0.3 is 10.4 Å². The van der Waals surface area contributed by atoms with Crippen molar-refractivity contribution in [1.82, 2.24) is 10.7 Å². The average Bonchev–Trinajstić information content (AvgIpc) is 2.98. The largest absolute Gasteiger partial charge is 0.506 e. The van der Waals surface area contributed by atoms with Crippen LogP contribution in [0.5, 0.6) is 5.75 Å². The Morgan fingerprint density at radius 3 is 2.50 bits per heavy atom. The van der Waals surface area contributed by atoms with E-state index in [1.165, 1.54) is 17.7 Å². The van der Waals surface area contributed by atoms with Crippen molar-refractivity contribution in [3.8, 4) is 5.75 Å². The molecule has 2 aromatic rings. The maximum atomic E-state index is 12.0. The Labute approximate surface area is 175 Å². The Morgan fingerprint density at radius 2 is 1.83 bits per heavy atom. The number of phenols is 1. The first kappa shape index (κ1) is 21.6. The summed E-state index contributed by atoms with van der Waals surface area (Å²) < 4.78 is 24.5. The summed E-state index contributed by atoms with van der Waals surface area (Å²) in [4.78, 5) is 23.4. The minimum Gasteiger partial charge on any atom is -0.506 e. The van der Waals surface area contributed by atoms with Crippen LogP contribution in [-0.2, 0) is 32.5 Å². The second kappa shape index (κ2) is 9.62. The van der Waals surface area contributed by atoms with E-state index in [1.807, 2.05) is 18.2 Å². The molecular weight excluding hydrogens is 406 g/mol. The third-order valence-electron chi connectivity index (χ3n) is 4.77. The molecule has 1 saturated heterocycles. The molecule has 0 spiro atoms. The highest BCUT2D eigenvalue weighted by Crippen LogP contribution is 2.31. The summed E-state index contributed by atoms with van der Waals surface area (Å²) >= 11 is 0. The van der Waals surface area contributed by atoms with Crippen LogP contribution in [0, 0.1) is 0 Å². The SMILES string of the molecule is O=C(CCc1ccc(N2NC(=O)CS2(=O)=O)c(O)c1)NCCCCc1ccccc1. The number of unbranched alkanes of at least 4 members (excludes halogenated alkanes) is 1. The molecule has 160 valence electrons. The average molecular weight is 432 g/mol. The predicted octanol–water partition coefficient (Wildman–Crippen LogP) is 1.64. The molecule has 0 saturated carbocycles. The maximum Gasteiger partial charge on any atom is 0.261 e. The summed E-state index contributed by atoms with van der Waals surface area (Å²) in [5, 5.41) is 13.1. The number of amides is 2. The summed E-state index contributed by atoms with van der Waals surface area (Å²) in [6, 6.07) is 14.6. The van der Waals surface area contributed by atoms with E-state index >= 15 is 0 Å². The van der Waals surface area contributed by atoms with Crippen LogP contribution in [0.3, 0.4) is 0 Å². The zero-order valence-electron chi connectivity index (χ0n) is 16.5. The molecule has 0 atom stereocenters. The zero-order chi connectivity index (χ0) is 21.6. The van der Waals surface area contributed by atoms with E-state index in [2.05, 4.69) is 22.9 Å². The lowest BCUT2D eigenvalue weighted by Crippen LogP contribution is -2.35. The van der Waals surface area contributed by atoms with Gasteiger partial charge in [0.1, 0.15) is 11.4 Å². The van der Waals surface area contributed by atoms with Gasteiger partial charge in [-0.3, -0.25) is 15.0 Å². The van der Waals surface area contributed by atoms with Crippen molar-refractivity contribution in [2.45, 2.75) is 32.1 Å². The molecule has 1 aliphatic heterocycles. The molecule has 8 nitrogen and oxygen atoms in total. The molecule has 30 heavy (non-hydrogen) atoms. The summed E-state index contributed by atoms with van der Waals surface area (Å²) in [5.41, 5.74) is 4.15. The Balaban J connectivity index is 1.41. The van der Waals surface area contributed by atoms with Crippen LogP contribution in [0.4, 0.5) is 5.69 Å². The van der Waals surface area contributed by atoms with Gasteiger partial charge in [-0.25, -0.2) is 8.42 Å². The van der Waals surface area contributed by atoms with E-state index < -0.39 is 21.7 Å². The number of nitrogens with zero attached hydrogens (tertiary/aromatic N) is 1. The molecular formula is C21H25N3O5S. The smallest absolute Gasteiger partial charge is 0.261 e. The Kier molecular flexibility index (Phi) is 6.94. The van der Waals surface area contributed by atoms with E-state index in [9.17, 15) is 23.1 Å². The number of rotatable bonds is 9. The van der Waals surface area contributed by atoms with Crippen LogP contribution in [0.1, 0.15) is 30.4 Å². The molecule has 1 aliphatic rings. The number of hydrogen-bond donors (Lipinski definition) is 3. The monoisotopic (exact) mass is 431 g/mol. The second-order valence-corrected chi connectivity index (χ2v) is 8.99. The minimum absolute atomic E-state index is 0.0209. The quantitative estimate of drug-likeness (QED) is 0.522. The van der Waals surface area contributed by atoms with E-state index in [0.29, 0.717) is 22.9 Å². The molecule has 0 aliphatic carbocycles. The van der Waals surface area contributed by atoms with Crippen molar-refractivity contribution >= 4 is 27.5 Å². The number of hydrogen-bond acceptors (Lipinski definition) is 5. The lowest BCUT2D eigenvalue weighted by molar-refractivity contribution is -0.121. The molecule has 0 radical (unpaired) electrons. The highest BCUT2D eigenvalue weighted by molar-refractivity contribution is 7.93. The molecule has 0 aromatic heterocycles. The van der Waals surface area contributed by atoms with E-state index in [-0.39, 0.29) is 23.8 Å². The van der Waals surface area contributed by atoms with Crippen molar-refractivity contribution in [1.29, 1.82) is 0 Å². The van der Waals surface area contributed by atoms with Crippen molar-refractivity contribution < 1.29 is 23.1 Å². The summed E-state index contributed by atoms with van der Waals surface area (Å²) in [5.74, 6) is -1.66. The fraction of sp³-hybridized carbons (Fsp3) is 0.333. The molecule has 1 heterocycles. The van der Waals surface area contributed by atoms with E-state index in [4.69, 9.17) is 0 Å². The van der Waals surface area contributed by atoms with Gasteiger partial charge in [-0.2, -0.15) is 4.41 Å². The fourth-order valence-corrected chi connectivity index (χ4v) is 4.44. The molecule has 1 fully saturated rings. The highest BCUT2D eigenvalue weighted by atomic mass is 32.2. The molecule has 2 aromatic carbocycles. The highest BCUT2D eigenvalue weighted by Gasteiger charge is 2.36. The van der Waals surface area contributed by atoms with Crippen molar-refractivity contribution in [3.05, 3.63) is 59.7 Å². The van der Waals surface area contributed by atoms with Gasteiger partial charge in [0.05, 0.1) is 0 Å². The number of anilines is 1. The number of sulfonamides is 1. The molecule has 2 amide bonds. The summed E-state index contributed by atoms with van der Waals surface area (Å²) in [6.07, 6.45) is 3.54. The number of carbonyl (C=O) groups is 2. The van der Waals surface area contributed by atoms with Gasteiger partial charge in [-0.15, -0.1) is 0 Å². The number of phenolic OH excluding ortho intramolecular Hbond substituents is 1. The van der Waals surface area contributed by atoms with Crippen molar-refractivity contribution in [2.75, 3.05) is 16.7 Å². The number of aryl methyl sites for hydroxylation is 2. The normalized spacial score (nSPS) is 15.1. The van der Waals surface area contributed by atoms with Gasteiger partial charge in [0, 0.05) is 13.0 Å². The van der Waals surface area contributed by atoms with Crippen molar-refractivity contribution in [2.24, 2.45) is 0 Å². The Bertz CT molecular complexity index is 1010. The van der Waals surface area contributed by atoms with Crippen LogP contribution in [0.2, 0.25) is 0 Å². The van der Waals surface area contributed by atoms with Gasteiger partial charge in [0.15, 0.2) is 5.75 Å². The van der Waals surface area contributed by atoms with Gasteiger partial charge in [-0.1, -0.05) is 36.4 Å². The van der Waals surface area contributed by atoms with Crippen LogP contribution < -0.4 is 15.2 Å². The van der Waals surface area contributed by atoms with Gasteiger partial charge in [-0.05, 0) is 48.9 Å². The number of carbonyl (C=O) groups excluding carboxylic acids is 2. The van der Waals surface area contributed by atoms with Gasteiger partial charge >= 0.3 is 0 Å². The van der Waals surface area contributed by atoms with Crippen LogP contribution in [-0.4, -0.2) is 37.6 Å². The standard InChI is InChI=1S/C21H25N3O5S/c25-19-14-17(9-11-18(19)24-23-21(27)15-30(24,28)29)10-12-20(26)22-13-5-4-8-16-6-2-1-3-7-16/h1-3,6-7,9,11,14,25H,4-5,8,10,12-13,15H2,(H,22,26)(H,23,27). The number of hydrazine groups is 1. The summed E-state index contributed by atoms with van der Waals surface area (Å²) in [6.45, 7) is 0.613. The van der Waals surface area contributed by atoms with E-state index in [0.717, 1.165) is 19.3 Å². The lowest BCUT2D eigenvalue weighted by Gasteiger charge is -2.17. The summed E-state index contributed by atoms with van der Waals surface area (Å²) in [7, 11) is -3.83. The molecule has 0 bridgehead atoms. The van der Waals surface area contributed by atoms with Crippen LogP contribution in [0.15, 0.2) is 48.5 Å². The van der Waals surface area contributed by atoms with Gasteiger partial charge in [0.25, 0.3) is 15.9 Å². The molecule has 9 heteroatoms. The first-order valence-corrected chi connectivity index (χ1v) is 11.4. The zero-order valence-corrected chi connectivity index (χ0v) is 17.3. The predicted molar refractivity (Wildman–Crippen MR) is 113 cm³/mol. The minimum atomic E-state index is -3.83. The molecule has 0 unspecified atom stereocenters. The maximum absolute atomic E-state index is 12.0. The molecule has 3 N–H and O–H groups in total. The number of benzene rings is 2. The van der Waals surface area contributed by atoms with Crippen LogP contribution >= 0.6 is 0 Å². The third kappa shape index (κ3) is 5.73. The van der Waals surface area contributed by atoms with Crippen molar-refractivity contribution in [3.63, 3.8) is 0 Å². The lowest BCUT2D eigenvalue weighted by atomic mass is 10.1. The Hall–Kier alpha value is -3.07.